The van der Waals surface area contributed by atoms with Gasteiger partial charge in [-0.25, -0.2) is 0 Å². The Morgan fingerprint density at radius 3 is 1.75 bits per heavy atom. The smallest absolute Gasteiger partial charge is 0.00772 e. The van der Waals surface area contributed by atoms with Crippen molar-refractivity contribution in [2.75, 3.05) is 6.54 Å². The van der Waals surface area contributed by atoms with Crippen LogP contribution >= 0.6 is 7.92 Å². The molecule has 24 heavy (non-hydrogen) atoms. The van der Waals surface area contributed by atoms with Crippen LogP contribution in [0.5, 0.6) is 0 Å². The van der Waals surface area contributed by atoms with Gasteiger partial charge in [-0.1, -0.05) is 84.9 Å². The van der Waals surface area contributed by atoms with E-state index in [1.807, 2.05) is 0 Å². The third-order valence-electron chi connectivity index (χ3n) is 4.16. The number of nitrogens with two attached hydrogens (primary N) is 1. The first-order chi connectivity index (χ1) is 11.9. The SMILES string of the molecule is NCCCCc1ccccc1P(c1ccccc1)c1ccccc1. The Kier molecular flexibility index (Phi) is 6.18. The molecule has 0 radical (unpaired) electrons. The average Bonchev–Trinajstić information content (AvgIpc) is 2.65. The highest BCUT2D eigenvalue weighted by Gasteiger charge is 2.18. The molecule has 0 amide bonds. The Hall–Kier alpha value is -1.95. The van der Waals surface area contributed by atoms with Crippen LogP contribution in [0.2, 0.25) is 0 Å². The lowest BCUT2D eigenvalue weighted by molar-refractivity contribution is 0.747. The normalized spacial score (nSPS) is 10.9. The van der Waals surface area contributed by atoms with Crippen LogP contribution in [0.4, 0.5) is 0 Å². The first kappa shape index (κ1) is 16.9. The van der Waals surface area contributed by atoms with Gasteiger partial charge in [0.15, 0.2) is 0 Å². The van der Waals surface area contributed by atoms with Crippen molar-refractivity contribution in [2.24, 2.45) is 5.73 Å². The molecule has 0 bridgehead atoms. The lowest BCUT2D eigenvalue weighted by atomic mass is 10.1. The molecular weight excluding hydrogens is 309 g/mol. The fraction of sp³-hybridized carbons (Fsp3) is 0.182. The molecule has 0 aromatic heterocycles. The van der Waals surface area contributed by atoms with E-state index in [4.69, 9.17) is 5.73 Å². The molecule has 0 aliphatic heterocycles. The molecule has 0 saturated carbocycles. The van der Waals surface area contributed by atoms with E-state index < -0.39 is 7.92 Å². The van der Waals surface area contributed by atoms with Crippen LogP contribution in [0.3, 0.4) is 0 Å². The van der Waals surface area contributed by atoms with Gasteiger partial charge in [0.05, 0.1) is 0 Å². The summed E-state index contributed by atoms with van der Waals surface area (Å²) in [6.45, 7) is 0.772. The van der Waals surface area contributed by atoms with Crippen molar-refractivity contribution in [3.05, 3.63) is 90.5 Å². The minimum absolute atomic E-state index is 0.519. The molecule has 0 unspecified atom stereocenters. The van der Waals surface area contributed by atoms with Crippen LogP contribution in [0.1, 0.15) is 18.4 Å². The maximum Gasteiger partial charge on any atom is -0.00772 e. The summed E-state index contributed by atoms with van der Waals surface area (Å²) in [5.74, 6) is 0. The maximum absolute atomic E-state index is 5.68. The molecule has 3 aromatic carbocycles. The van der Waals surface area contributed by atoms with E-state index in [-0.39, 0.29) is 0 Å². The molecule has 0 aliphatic rings. The highest BCUT2D eigenvalue weighted by Crippen LogP contribution is 2.34. The third-order valence-corrected chi connectivity index (χ3v) is 6.71. The van der Waals surface area contributed by atoms with Gasteiger partial charge in [-0.3, -0.25) is 0 Å². The van der Waals surface area contributed by atoms with E-state index in [0.717, 1.165) is 25.8 Å². The van der Waals surface area contributed by atoms with E-state index in [1.165, 1.54) is 21.5 Å². The quantitative estimate of drug-likeness (QED) is 0.517. The molecule has 0 saturated heterocycles. The van der Waals surface area contributed by atoms with Crippen molar-refractivity contribution < 1.29 is 0 Å². The summed E-state index contributed by atoms with van der Waals surface area (Å²) in [6, 6.07) is 30.7. The van der Waals surface area contributed by atoms with E-state index in [2.05, 4.69) is 84.9 Å². The van der Waals surface area contributed by atoms with Crippen LogP contribution in [0.25, 0.3) is 0 Å². The summed E-state index contributed by atoms with van der Waals surface area (Å²) >= 11 is 0. The van der Waals surface area contributed by atoms with Crippen molar-refractivity contribution in [2.45, 2.75) is 19.3 Å². The van der Waals surface area contributed by atoms with E-state index in [0.29, 0.717) is 0 Å². The first-order valence-electron chi connectivity index (χ1n) is 8.58. The summed E-state index contributed by atoms with van der Waals surface area (Å²) in [5.41, 5.74) is 7.14. The number of unbranched alkanes of at least 4 members (excludes halogenated alkanes) is 1. The molecule has 0 spiro atoms. The van der Waals surface area contributed by atoms with Gasteiger partial charge in [-0.15, -0.1) is 0 Å². The van der Waals surface area contributed by atoms with E-state index in [9.17, 15) is 0 Å². The summed E-state index contributed by atoms with van der Waals surface area (Å²) in [4.78, 5) is 0. The van der Waals surface area contributed by atoms with Gasteiger partial charge in [0.25, 0.3) is 0 Å². The Morgan fingerprint density at radius 1 is 0.625 bits per heavy atom. The van der Waals surface area contributed by atoms with Gasteiger partial charge in [0.1, 0.15) is 0 Å². The van der Waals surface area contributed by atoms with Gasteiger partial charge >= 0.3 is 0 Å². The largest absolute Gasteiger partial charge is 0.330 e. The lowest BCUT2D eigenvalue weighted by Crippen LogP contribution is -2.23. The molecule has 2 heteroatoms. The Morgan fingerprint density at radius 2 is 1.17 bits per heavy atom. The maximum atomic E-state index is 5.68. The van der Waals surface area contributed by atoms with Crippen molar-refractivity contribution in [3.63, 3.8) is 0 Å². The zero-order valence-corrected chi connectivity index (χ0v) is 14.8. The standard InChI is InChI=1S/C22H24NP/c23-18-10-9-12-19-11-7-8-17-22(19)24(20-13-3-1-4-14-20)21-15-5-2-6-16-21/h1-8,11,13-17H,9-10,12,18,23H2. The molecule has 3 rings (SSSR count). The van der Waals surface area contributed by atoms with Crippen LogP contribution < -0.4 is 21.6 Å². The minimum Gasteiger partial charge on any atom is -0.330 e. The van der Waals surface area contributed by atoms with Crippen molar-refractivity contribution in [1.82, 2.24) is 0 Å². The molecule has 0 atom stereocenters. The van der Waals surface area contributed by atoms with Gasteiger partial charge < -0.3 is 5.73 Å². The van der Waals surface area contributed by atoms with Gasteiger partial charge in [-0.2, -0.15) is 0 Å². The second-order valence-corrected chi connectivity index (χ2v) is 8.07. The molecule has 0 heterocycles. The third kappa shape index (κ3) is 4.12. The zero-order chi connectivity index (χ0) is 16.6. The zero-order valence-electron chi connectivity index (χ0n) is 13.9. The highest BCUT2D eigenvalue weighted by atomic mass is 31.1. The Balaban J connectivity index is 2.04. The number of hydrogen-bond acceptors (Lipinski definition) is 1. The predicted octanol–water partition coefficient (Wildman–Crippen LogP) is 3.73. The predicted molar refractivity (Wildman–Crippen MR) is 107 cm³/mol. The van der Waals surface area contributed by atoms with Crippen molar-refractivity contribution >= 4 is 23.8 Å². The topological polar surface area (TPSA) is 26.0 Å². The van der Waals surface area contributed by atoms with Crippen molar-refractivity contribution in [1.29, 1.82) is 0 Å². The van der Waals surface area contributed by atoms with Gasteiger partial charge in [-0.05, 0) is 55.2 Å². The fourth-order valence-electron chi connectivity index (χ4n) is 2.98. The highest BCUT2D eigenvalue weighted by molar-refractivity contribution is 7.79. The molecule has 0 fully saturated rings. The summed E-state index contributed by atoms with van der Waals surface area (Å²) < 4.78 is 0. The minimum atomic E-state index is -0.519. The average molecular weight is 333 g/mol. The second-order valence-electron chi connectivity index (χ2n) is 5.88. The molecule has 122 valence electrons. The molecule has 2 N–H and O–H groups in total. The number of benzene rings is 3. The molecule has 3 aromatic rings. The summed E-state index contributed by atoms with van der Waals surface area (Å²) in [5, 5.41) is 4.29. The lowest BCUT2D eigenvalue weighted by Gasteiger charge is -2.22. The summed E-state index contributed by atoms with van der Waals surface area (Å²) in [7, 11) is -0.519. The van der Waals surface area contributed by atoms with Crippen LogP contribution in [-0.4, -0.2) is 6.54 Å². The number of rotatable bonds is 7. The monoisotopic (exact) mass is 333 g/mol. The Bertz CT molecular complexity index is 701. The summed E-state index contributed by atoms with van der Waals surface area (Å²) in [6.07, 6.45) is 3.34. The molecule has 1 nitrogen and oxygen atoms in total. The van der Waals surface area contributed by atoms with Crippen molar-refractivity contribution in [3.8, 4) is 0 Å². The number of aryl methyl sites for hydroxylation is 1. The molecule has 0 aliphatic carbocycles. The van der Waals surface area contributed by atoms with Crippen LogP contribution in [-0.2, 0) is 6.42 Å². The van der Waals surface area contributed by atoms with Gasteiger partial charge in [0, 0.05) is 0 Å². The fourth-order valence-corrected chi connectivity index (χ4v) is 5.49. The van der Waals surface area contributed by atoms with Crippen LogP contribution in [0, 0.1) is 0 Å². The Labute approximate surface area is 146 Å². The van der Waals surface area contributed by atoms with E-state index >= 15 is 0 Å². The first-order valence-corrected chi connectivity index (χ1v) is 9.92. The second kappa shape index (κ2) is 8.78. The van der Waals surface area contributed by atoms with Gasteiger partial charge in [0.2, 0.25) is 0 Å². The van der Waals surface area contributed by atoms with Crippen LogP contribution in [0.15, 0.2) is 84.9 Å². The van der Waals surface area contributed by atoms with E-state index in [1.54, 1.807) is 0 Å². The number of hydrogen-bond donors (Lipinski definition) is 1. The molecular formula is C22H24NP.